The van der Waals surface area contributed by atoms with Crippen LogP contribution in [-0.4, -0.2) is 25.2 Å². The van der Waals surface area contributed by atoms with Gasteiger partial charge in [0, 0.05) is 37.3 Å². The Labute approximate surface area is 144 Å². The average Bonchev–Trinajstić information content (AvgIpc) is 3.04. The molecular weight excluding hydrogens is 327 g/mol. The molecule has 0 atom stereocenters. The van der Waals surface area contributed by atoms with Crippen LogP contribution >= 0.6 is 0 Å². The van der Waals surface area contributed by atoms with E-state index in [1.807, 2.05) is 0 Å². The molecule has 0 fully saturated rings. The van der Waals surface area contributed by atoms with E-state index >= 15 is 0 Å². The summed E-state index contributed by atoms with van der Waals surface area (Å²) in [6.07, 6.45) is 0.103. The van der Waals surface area contributed by atoms with Crippen LogP contribution < -0.4 is 19.7 Å². The zero-order chi connectivity index (χ0) is 17.8. The van der Waals surface area contributed by atoms with Gasteiger partial charge in [0.15, 0.2) is 11.5 Å². The standard InChI is InChI=1S/C18H17FN2O4/c1-12(22)21(15-5-2-13(19)3-6-15)9-8-18(23)20-14-4-7-16-17(10-14)25-11-24-16/h2-7,10H,8-9,11H2,1H3,(H,20,23). The molecule has 6 nitrogen and oxygen atoms in total. The van der Waals surface area contributed by atoms with Gasteiger partial charge in [-0.3, -0.25) is 9.59 Å². The van der Waals surface area contributed by atoms with Gasteiger partial charge in [-0.1, -0.05) is 0 Å². The zero-order valence-corrected chi connectivity index (χ0v) is 13.6. The first kappa shape index (κ1) is 16.8. The number of fused-ring (bicyclic) bond motifs is 1. The molecule has 0 aromatic heterocycles. The number of carbonyl (C=O) groups is 2. The third-order valence-electron chi connectivity index (χ3n) is 3.74. The van der Waals surface area contributed by atoms with Crippen LogP contribution in [-0.2, 0) is 9.59 Å². The molecule has 0 saturated carbocycles. The van der Waals surface area contributed by atoms with Crippen LogP contribution in [0.15, 0.2) is 42.5 Å². The maximum Gasteiger partial charge on any atom is 0.231 e. The van der Waals surface area contributed by atoms with Gasteiger partial charge in [0.25, 0.3) is 0 Å². The molecule has 0 unspecified atom stereocenters. The van der Waals surface area contributed by atoms with Gasteiger partial charge in [0.2, 0.25) is 18.6 Å². The minimum absolute atomic E-state index is 0.103. The molecule has 1 heterocycles. The lowest BCUT2D eigenvalue weighted by Crippen LogP contribution is -2.31. The van der Waals surface area contributed by atoms with Gasteiger partial charge in [0.05, 0.1) is 0 Å². The van der Waals surface area contributed by atoms with E-state index in [9.17, 15) is 14.0 Å². The number of nitrogens with one attached hydrogen (secondary N) is 1. The average molecular weight is 344 g/mol. The van der Waals surface area contributed by atoms with Crippen LogP contribution in [0.2, 0.25) is 0 Å². The molecule has 130 valence electrons. The molecule has 1 N–H and O–H groups in total. The highest BCUT2D eigenvalue weighted by Crippen LogP contribution is 2.34. The summed E-state index contributed by atoms with van der Waals surface area (Å²) in [5.74, 6) is 0.369. The fraction of sp³-hybridized carbons (Fsp3) is 0.222. The van der Waals surface area contributed by atoms with Crippen LogP contribution in [0.4, 0.5) is 15.8 Å². The van der Waals surface area contributed by atoms with Crippen molar-refractivity contribution in [3.63, 3.8) is 0 Å². The number of halogens is 1. The van der Waals surface area contributed by atoms with E-state index in [0.29, 0.717) is 22.9 Å². The van der Waals surface area contributed by atoms with Crippen molar-refractivity contribution in [1.82, 2.24) is 0 Å². The summed E-state index contributed by atoms with van der Waals surface area (Å²) < 4.78 is 23.5. The van der Waals surface area contributed by atoms with Crippen molar-refractivity contribution in [2.75, 3.05) is 23.6 Å². The molecule has 1 aliphatic rings. The largest absolute Gasteiger partial charge is 0.454 e. The van der Waals surface area contributed by atoms with Gasteiger partial charge in [0.1, 0.15) is 5.82 Å². The molecule has 2 aromatic rings. The van der Waals surface area contributed by atoms with Crippen molar-refractivity contribution < 1.29 is 23.5 Å². The second-order valence-electron chi connectivity index (χ2n) is 5.51. The molecule has 2 amide bonds. The minimum Gasteiger partial charge on any atom is -0.454 e. The van der Waals surface area contributed by atoms with Gasteiger partial charge in [-0.05, 0) is 36.4 Å². The van der Waals surface area contributed by atoms with Crippen molar-refractivity contribution in [3.8, 4) is 11.5 Å². The first-order chi connectivity index (χ1) is 12.0. The highest BCUT2D eigenvalue weighted by atomic mass is 19.1. The Morgan fingerprint density at radius 3 is 2.56 bits per heavy atom. The molecule has 0 saturated heterocycles. The topological polar surface area (TPSA) is 67.9 Å². The van der Waals surface area contributed by atoms with Gasteiger partial charge >= 0.3 is 0 Å². The number of anilines is 2. The Kier molecular flexibility index (Phi) is 4.83. The van der Waals surface area contributed by atoms with Gasteiger partial charge in [-0.2, -0.15) is 0 Å². The highest BCUT2D eigenvalue weighted by Gasteiger charge is 2.16. The van der Waals surface area contributed by atoms with E-state index in [1.54, 1.807) is 18.2 Å². The molecule has 0 radical (unpaired) electrons. The number of carbonyl (C=O) groups excluding carboxylic acids is 2. The van der Waals surface area contributed by atoms with Crippen LogP contribution in [0.25, 0.3) is 0 Å². The summed E-state index contributed by atoms with van der Waals surface area (Å²) >= 11 is 0. The molecule has 3 rings (SSSR count). The second kappa shape index (κ2) is 7.21. The number of rotatable bonds is 5. The first-order valence-electron chi connectivity index (χ1n) is 7.76. The quantitative estimate of drug-likeness (QED) is 0.905. The van der Waals surface area contributed by atoms with E-state index in [0.717, 1.165) is 0 Å². The highest BCUT2D eigenvalue weighted by molar-refractivity contribution is 5.95. The molecule has 0 aliphatic carbocycles. The van der Waals surface area contributed by atoms with E-state index in [1.165, 1.54) is 36.1 Å². The van der Waals surface area contributed by atoms with Gasteiger partial charge in [-0.25, -0.2) is 4.39 Å². The molecule has 1 aliphatic heterocycles. The summed E-state index contributed by atoms with van der Waals surface area (Å²) in [5.41, 5.74) is 1.13. The summed E-state index contributed by atoms with van der Waals surface area (Å²) in [4.78, 5) is 25.4. The number of benzene rings is 2. The van der Waals surface area contributed by atoms with Crippen molar-refractivity contribution in [2.45, 2.75) is 13.3 Å². The van der Waals surface area contributed by atoms with Crippen molar-refractivity contribution in [3.05, 3.63) is 48.3 Å². The minimum atomic E-state index is -0.382. The Morgan fingerprint density at radius 1 is 1.12 bits per heavy atom. The van der Waals surface area contributed by atoms with Crippen LogP contribution in [0.3, 0.4) is 0 Å². The van der Waals surface area contributed by atoms with Crippen LogP contribution in [0.1, 0.15) is 13.3 Å². The number of amides is 2. The number of hydrogen-bond donors (Lipinski definition) is 1. The lowest BCUT2D eigenvalue weighted by atomic mass is 10.2. The molecule has 2 aromatic carbocycles. The number of ether oxygens (including phenoxy) is 2. The Hall–Kier alpha value is -3.09. The lowest BCUT2D eigenvalue weighted by molar-refractivity contribution is -0.117. The zero-order valence-electron chi connectivity index (χ0n) is 13.6. The molecule has 25 heavy (non-hydrogen) atoms. The fourth-order valence-corrected chi connectivity index (χ4v) is 2.50. The third kappa shape index (κ3) is 4.06. The fourth-order valence-electron chi connectivity index (χ4n) is 2.50. The number of hydrogen-bond acceptors (Lipinski definition) is 4. The Balaban J connectivity index is 1.60. The molecule has 0 bridgehead atoms. The monoisotopic (exact) mass is 344 g/mol. The van der Waals surface area contributed by atoms with E-state index < -0.39 is 0 Å². The molecular formula is C18H17FN2O4. The maximum absolute atomic E-state index is 13.0. The second-order valence-corrected chi connectivity index (χ2v) is 5.51. The van der Waals surface area contributed by atoms with E-state index in [-0.39, 0.29) is 37.4 Å². The summed E-state index contributed by atoms with van der Waals surface area (Å²) in [6.45, 7) is 1.76. The van der Waals surface area contributed by atoms with Crippen molar-refractivity contribution in [2.24, 2.45) is 0 Å². The summed E-state index contributed by atoms with van der Waals surface area (Å²) in [7, 11) is 0. The van der Waals surface area contributed by atoms with Crippen LogP contribution in [0, 0.1) is 5.82 Å². The maximum atomic E-state index is 13.0. The van der Waals surface area contributed by atoms with E-state index in [2.05, 4.69) is 5.32 Å². The van der Waals surface area contributed by atoms with Gasteiger partial charge < -0.3 is 19.7 Å². The van der Waals surface area contributed by atoms with Gasteiger partial charge in [-0.15, -0.1) is 0 Å². The Morgan fingerprint density at radius 2 is 1.84 bits per heavy atom. The third-order valence-corrected chi connectivity index (χ3v) is 3.74. The van der Waals surface area contributed by atoms with Crippen molar-refractivity contribution >= 4 is 23.2 Å². The molecule has 7 heteroatoms. The predicted molar refractivity (Wildman–Crippen MR) is 90.2 cm³/mol. The lowest BCUT2D eigenvalue weighted by Gasteiger charge is -2.21. The van der Waals surface area contributed by atoms with E-state index in [4.69, 9.17) is 9.47 Å². The summed E-state index contributed by atoms with van der Waals surface area (Å²) in [5, 5.41) is 2.75. The normalized spacial score (nSPS) is 11.9. The first-order valence-corrected chi connectivity index (χ1v) is 7.76. The van der Waals surface area contributed by atoms with Crippen LogP contribution in [0.5, 0.6) is 11.5 Å². The predicted octanol–water partition coefficient (Wildman–Crippen LogP) is 2.94. The van der Waals surface area contributed by atoms with Crippen molar-refractivity contribution in [1.29, 1.82) is 0 Å². The SMILES string of the molecule is CC(=O)N(CCC(=O)Nc1ccc2c(c1)OCO2)c1ccc(F)cc1. The Bertz CT molecular complexity index is 792. The number of nitrogens with zero attached hydrogens (tertiary/aromatic N) is 1. The smallest absolute Gasteiger partial charge is 0.231 e. The molecule has 0 spiro atoms. The summed E-state index contributed by atoms with van der Waals surface area (Å²) in [6, 6.07) is 10.7.